The smallest absolute Gasteiger partial charge is 0.457 e. The van der Waals surface area contributed by atoms with Crippen molar-refractivity contribution in [2.45, 2.75) is 167 Å². The number of phosphoric ester groups is 1. The maximum absolute atomic E-state index is 12.6. The van der Waals surface area contributed by atoms with Gasteiger partial charge in [0, 0.05) is 13.0 Å². The molecule has 302 valence electrons. The molecule has 3 N–H and O–H groups in total. The van der Waals surface area contributed by atoms with Gasteiger partial charge in [0.2, 0.25) is 0 Å². The molecule has 0 aliphatic rings. The lowest BCUT2D eigenvalue weighted by molar-refractivity contribution is -0.154. The Balaban J connectivity index is 4.26. The van der Waals surface area contributed by atoms with Crippen LogP contribution in [-0.2, 0) is 27.9 Å². The predicted octanol–water partition coefficient (Wildman–Crippen LogP) is 10.8. The molecule has 3 atom stereocenters. The van der Waals surface area contributed by atoms with E-state index in [1.807, 2.05) is 0 Å². The lowest BCUT2D eigenvalue weighted by atomic mass is 10.1. The van der Waals surface area contributed by atoms with Gasteiger partial charge < -0.3 is 24.6 Å². The summed E-state index contributed by atoms with van der Waals surface area (Å²) < 4.78 is 33.3. The third-order valence-electron chi connectivity index (χ3n) is 8.19. The van der Waals surface area contributed by atoms with Crippen LogP contribution in [0.25, 0.3) is 0 Å². The van der Waals surface area contributed by atoms with Crippen LogP contribution in [0.2, 0.25) is 0 Å². The van der Waals surface area contributed by atoms with Crippen LogP contribution in [0.1, 0.15) is 155 Å². The van der Waals surface area contributed by atoms with Crippen molar-refractivity contribution >= 4 is 13.8 Å². The summed E-state index contributed by atoms with van der Waals surface area (Å²) in [5.74, 6) is -0.402. The molecule has 0 radical (unpaired) electrons. The van der Waals surface area contributed by atoms with Crippen LogP contribution < -0.4 is 0 Å². The van der Waals surface area contributed by atoms with Crippen molar-refractivity contribution in [1.29, 1.82) is 0 Å². The van der Waals surface area contributed by atoms with Crippen molar-refractivity contribution in [3.8, 4) is 0 Å². The number of carbonyl (C=O) groups excluding carboxylic acids is 1. The molecule has 10 heteroatoms. The number of aliphatic hydroxyl groups excluding tert-OH is 2. The van der Waals surface area contributed by atoms with Crippen LogP contribution in [0.4, 0.5) is 0 Å². The highest BCUT2D eigenvalue weighted by Gasteiger charge is 2.26. The molecule has 0 aromatic rings. The third-order valence-corrected chi connectivity index (χ3v) is 9.14. The Bertz CT molecular complexity index is 992. The minimum atomic E-state index is -4.52. The van der Waals surface area contributed by atoms with Gasteiger partial charge in [-0.3, -0.25) is 13.8 Å². The van der Waals surface area contributed by atoms with E-state index in [2.05, 4.69) is 74.6 Å². The van der Waals surface area contributed by atoms with Crippen LogP contribution in [-0.4, -0.2) is 66.3 Å². The summed E-state index contributed by atoms with van der Waals surface area (Å²) in [5, 5.41) is 18.3. The summed E-state index contributed by atoms with van der Waals surface area (Å²) in [7, 11) is -4.52. The number of carbonyl (C=O) groups is 1. The monoisotopic (exact) mass is 755 g/mol. The lowest BCUT2D eigenvalue weighted by Crippen LogP contribution is -2.29. The maximum Gasteiger partial charge on any atom is 0.472 e. The first kappa shape index (κ1) is 50.2. The van der Waals surface area contributed by atoms with Gasteiger partial charge in [0.15, 0.2) is 0 Å². The van der Waals surface area contributed by atoms with Gasteiger partial charge in [-0.2, -0.15) is 0 Å². The largest absolute Gasteiger partial charge is 0.472 e. The summed E-state index contributed by atoms with van der Waals surface area (Å²) >= 11 is 0. The highest BCUT2D eigenvalue weighted by Crippen LogP contribution is 2.43. The molecule has 0 saturated carbocycles. The average molecular weight is 755 g/mol. The van der Waals surface area contributed by atoms with Gasteiger partial charge in [-0.15, -0.1) is 0 Å². The molecule has 0 heterocycles. The third kappa shape index (κ3) is 37.9. The van der Waals surface area contributed by atoms with Gasteiger partial charge in [0.1, 0.15) is 12.2 Å². The number of esters is 1. The Morgan fingerprint density at radius 3 is 1.65 bits per heavy atom. The highest BCUT2D eigenvalue weighted by atomic mass is 31.2. The number of aliphatic hydroxyl groups is 2. The van der Waals surface area contributed by atoms with Crippen LogP contribution >= 0.6 is 7.82 Å². The normalized spacial score (nSPS) is 14.8. The van der Waals surface area contributed by atoms with Crippen molar-refractivity contribution in [3.05, 3.63) is 60.8 Å². The fourth-order valence-corrected chi connectivity index (χ4v) is 5.89. The fourth-order valence-electron chi connectivity index (χ4n) is 5.10. The van der Waals surface area contributed by atoms with Gasteiger partial charge in [-0.1, -0.05) is 132 Å². The number of hydrogen-bond donors (Lipinski definition) is 3. The van der Waals surface area contributed by atoms with E-state index in [9.17, 15) is 19.4 Å². The first-order valence-corrected chi connectivity index (χ1v) is 21.8. The van der Waals surface area contributed by atoms with Gasteiger partial charge in [-0.25, -0.2) is 4.57 Å². The standard InChI is InChI=1S/C42H75O9P/c1-3-5-7-9-11-13-15-17-19-20-21-22-24-26-28-30-32-34-42(45)51-41(39-50-52(46,47)49-37-40(44)36-43)38-48-35-33-31-29-27-25-23-18-16-14-12-10-8-6-4-2/h6,8,11-14,17-19,23,40-41,43-44H,3-5,7,9-10,15-16,20-22,24-39H2,1-2H3,(H,46,47)/b8-6-,13-11-,14-12-,19-17-,23-18-. The van der Waals surface area contributed by atoms with E-state index < -0.39 is 45.8 Å². The molecule has 0 aromatic heterocycles. The van der Waals surface area contributed by atoms with E-state index in [4.69, 9.17) is 23.6 Å². The molecule has 9 nitrogen and oxygen atoms in total. The van der Waals surface area contributed by atoms with Gasteiger partial charge in [0.25, 0.3) is 0 Å². The van der Waals surface area contributed by atoms with Crippen molar-refractivity contribution in [2.24, 2.45) is 0 Å². The summed E-state index contributed by atoms with van der Waals surface area (Å²) in [6, 6.07) is 0. The topological polar surface area (TPSA) is 132 Å². The lowest BCUT2D eigenvalue weighted by Gasteiger charge is -2.20. The second kappa shape index (κ2) is 38.9. The number of rotatable bonds is 38. The predicted molar refractivity (Wildman–Crippen MR) is 214 cm³/mol. The molecule has 0 rings (SSSR count). The van der Waals surface area contributed by atoms with Gasteiger partial charge in [-0.05, 0) is 77.0 Å². The molecule has 0 bridgehead atoms. The average Bonchev–Trinajstić information content (AvgIpc) is 3.13. The molecular formula is C42H75O9P. The Morgan fingerprint density at radius 1 is 0.615 bits per heavy atom. The Labute approximate surface area is 317 Å². The van der Waals surface area contributed by atoms with Crippen LogP contribution in [0, 0.1) is 0 Å². The van der Waals surface area contributed by atoms with Crippen molar-refractivity contribution in [1.82, 2.24) is 0 Å². The number of phosphoric acid groups is 1. The molecule has 0 aliphatic carbocycles. The van der Waals surface area contributed by atoms with Crippen LogP contribution in [0.15, 0.2) is 60.8 Å². The van der Waals surface area contributed by atoms with E-state index in [1.54, 1.807) is 0 Å². The molecule has 0 fully saturated rings. The molecule has 0 aliphatic heterocycles. The molecular weight excluding hydrogens is 679 g/mol. The second-order valence-corrected chi connectivity index (χ2v) is 14.7. The molecule has 0 amide bonds. The maximum atomic E-state index is 12.6. The number of allylic oxidation sites excluding steroid dienone is 10. The van der Waals surface area contributed by atoms with Crippen LogP contribution in [0.3, 0.4) is 0 Å². The van der Waals surface area contributed by atoms with E-state index >= 15 is 0 Å². The SMILES string of the molecule is CC/C=C\C/C=C\C/C=C\CCCCCCOCC(COP(=O)(O)OCC(O)CO)OC(=O)CCCCCCCCC/C=C\C/C=C\CCCCC. The van der Waals surface area contributed by atoms with Crippen molar-refractivity contribution < 1.29 is 43.0 Å². The van der Waals surface area contributed by atoms with E-state index in [-0.39, 0.29) is 13.0 Å². The van der Waals surface area contributed by atoms with Gasteiger partial charge >= 0.3 is 13.8 Å². The van der Waals surface area contributed by atoms with E-state index in [1.165, 1.54) is 44.9 Å². The van der Waals surface area contributed by atoms with E-state index in [0.29, 0.717) is 13.0 Å². The summed E-state index contributed by atoms with van der Waals surface area (Å²) in [4.78, 5) is 22.5. The van der Waals surface area contributed by atoms with Crippen LogP contribution in [0.5, 0.6) is 0 Å². The summed E-state index contributed by atoms with van der Waals surface area (Å²) in [6.45, 7) is 3.30. The number of hydrogen-bond acceptors (Lipinski definition) is 8. The van der Waals surface area contributed by atoms with Gasteiger partial charge in [0.05, 0.1) is 26.4 Å². The zero-order valence-electron chi connectivity index (χ0n) is 32.8. The molecule has 52 heavy (non-hydrogen) atoms. The quantitative estimate of drug-likeness (QED) is 0.0244. The number of ether oxygens (including phenoxy) is 2. The number of unbranched alkanes of at least 4 members (excludes halogenated alkanes) is 14. The zero-order valence-corrected chi connectivity index (χ0v) is 33.7. The first-order valence-electron chi connectivity index (χ1n) is 20.3. The Morgan fingerprint density at radius 2 is 1.10 bits per heavy atom. The van der Waals surface area contributed by atoms with Crippen molar-refractivity contribution in [3.63, 3.8) is 0 Å². The minimum absolute atomic E-state index is 0.0282. The summed E-state index contributed by atoms with van der Waals surface area (Å²) in [6.07, 6.45) is 43.2. The Hall–Kier alpha value is -1.84. The summed E-state index contributed by atoms with van der Waals surface area (Å²) in [5.41, 5.74) is 0. The second-order valence-electron chi connectivity index (χ2n) is 13.3. The fraction of sp³-hybridized carbons (Fsp3) is 0.738. The highest BCUT2D eigenvalue weighted by molar-refractivity contribution is 7.47. The molecule has 0 aromatic carbocycles. The zero-order chi connectivity index (χ0) is 38.2. The molecule has 3 unspecified atom stereocenters. The first-order chi connectivity index (χ1) is 25.3. The molecule has 0 spiro atoms. The van der Waals surface area contributed by atoms with Crippen molar-refractivity contribution in [2.75, 3.05) is 33.0 Å². The molecule has 0 saturated heterocycles. The minimum Gasteiger partial charge on any atom is -0.457 e. The van der Waals surface area contributed by atoms with E-state index in [0.717, 1.165) is 83.5 Å². The Kier molecular flexibility index (Phi) is 37.5.